The number of unbranched alkanes of at least 4 members (excludes halogenated alkanes) is 1. The van der Waals surface area contributed by atoms with Crippen LogP contribution in [0.5, 0.6) is 0 Å². The zero-order valence-corrected chi connectivity index (χ0v) is 9.05. The van der Waals surface area contributed by atoms with E-state index >= 15 is 0 Å². The van der Waals surface area contributed by atoms with Crippen molar-refractivity contribution in [1.82, 2.24) is 0 Å². The quantitative estimate of drug-likeness (QED) is 0.520. The summed E-state index contributed by atoms with van der Waals surface area (Å²) in [7, 11) is -1.17. The van der Waals surface area contributed by atoms with Crippen LogP contribution in [0.2, 0.25) is 0 Å². The minimum absolute atomic E-state index is 0.858. The molecule has 0 amide bonds. The molecule has 2 unspecified atom stereocenters. The summed E-state index contributed by atoms with van der Waals surface area (Å²) < 4.78 is 8.51. The molecule has 0 heterocycles. The van der Waals surface area contributed by atoms with Crippen LogP contribution in [0.15, 0.2) is 0 Å². The van der Waals surface area contributed by atoms with Crippen LogP contribution in [0.25, 0.3) is 0 Å². The third kappa shape index (κ3) is 16.5. The molecule has 0 aromatic rings. The molecular weight excluding hydrogens is 173 g/mol. The van der Waals surface area contributed by atoms with E-state index in [1.165, 1.54) is 25.7 Å². The van der Waals surface area contributed by atoms with Gasteiger partial charge in [-0.2, -0.15) is 4.89 Å². The van der Waals surface area contributed by atoms with Crippen LogP contribution in [0.1, 0.15) is 39.5 Å². The smallest absolute Gasteiger partial charge is 0.330 e. The standard InChI is InChI=1S/C8H19N.HO2P/c1-3-8(2)6-4-5-7-9;1-3-2/h8H,3-7,9H2,1-2H3;3H/p+1. The first-order valence-electron chi connectivity index (χ1n) is 4.44. The Morgan fingerprint density at radius 1 is 1.50 bits per heavy atom. The summed E-state index contributed by atoms with van der Waals surface area (Å²) in [4.78, 5) is 7.04. The lowest BCUT2D eigenvalue weighted by Gasteiger charge is -2.05. The Bertz CT molecular complexity index is 91.1. The van der Waals surface area contributed by atoms with Crippen molar-refractivity contribution in [3.63, 3.8) is 0 Å². The second-order valence-corrected chi connectivity index (χ2v) is 3.07. The Balaban J connectivity index is 0. The van der Waals surface area contributed by atoms with Crippen molar-refractivity contribution in [2.45, 2.75) is 39.5 Å². The van der Waals surface area contributed by atoms with Gasteiger partial charge in [0.25, 0.3) is 0 Å². The zero-order valence-electron chi connectivity index (χ0n) is 8.05. The van der Waals surface area contributed by atoms with Crippen LogP contribution in [0.4, 0.5) is 0 Å². The maximum Gasteiger partial charge on any atom is 0.491 e. The number of hydrogen-bond acceptors (Lipinski definition) is 2. The molecule has 0 saturated heterocycles. The zero-order chi connectivity index (χ0) is 9.82. The third-order valence-electron chi connectivity index (χ3n) is 1.85. The summed E-state index contributed by atoms with van der Waals surface area (Å²) in [6, 6.07) is 0. The highest BCUT2D eigenvalue weighted by Crippen LogP contribution is 2.09. The maximum absolute atomic E-state index is 8.51. The fourth-order valence-corrected chi connectivity index (χ4v) is 0.841. The Labute approximate surface area is 76.6 Å². The molecule has 0 aromatic heterocycles. The molecule has 0 aliphatic heterocycles. The molecule has 12 heavy (non-hydrogen) atoms. The molecule has 3 nitrogen and oxygen atoms in total. The van der Waals surface area contributed by atoms with Crippen LogP contribution in [0, 0.1) is 5.92 Å². The van der Waals surface area contributed by atoms with Gasteiger partial charge in [-0.25, -0.2) is 0 Å². The lowest BCUT2D eigenvalue weighted by Crippen LogP contribution is -1.99. The molecule has 74 valence electrons. The van der Waals surface area contributed by atoms with E-state index in [1.54, 1.807) is 0 Å². The van der Waals surface area contributed by atoms with Gasteiger partial charge in [0, 0.05) is 0 Å². The van der Waals surface area contributed by atoms with Gasteiger partial charge in [-0.05, 0) is 23.4 Å². The van der Waals surface area contributed by atoms with Gasteiger partial charge in [-0.3, -0.25) is 0 Å². The second-order valence-electron chi connectivity index (χ2n) is 2.89. The van der Waals surface area contributed by atoms with E-state index in [0.717, 1.165) is 12.5 Å². The van der Waals surface area contributed by atoms with Gasteiger partial charge in [0.15, 0.2) is 0 Å². The van der Waals surface area contributed by atoms with Crippen LogP contribution in [-0.2, 0) is 4.57 Å². The molecule has 0 spiro atoms. The van der Waals surface area contributed by atoms with Crippen molar-refractivity contribution in [2.24, 2.45) is 11.7 Å². The fourth-order valence-electron chi connectivity index (χ4n) is 0.841. The van der Waals surface area contributed by atoms with E-state index in [2.05, 4.69) is 13.8 Å². The molecule has 2 atom stereocenters. The highest BCUT2D eigenvalue weighted by Gasteiger charge is 1.95. The Hall–Kier alpha value is 0.0200. The SMILES string of the molecule is CCC(C)CCCCN.O=[PH+]O. The van der Waals surface area contributed by atoms with Gasteiger partial charge in [0.05, 0.1) is 0 Å². The largest absolute Gasteiger partial charge is 0.491 e. The van der Waals surface area contributed by atoms with Crippen molar-refractivity contribution < 1.29 is 9.46 Å². The second kappa shape index (κ2) is 13.6. The van der Waals surface area contributed by atoms with E-state index in [-0.39, 0.29) is 0 Å². The van der Waals surface area contributed by atoms with E-state index in [9.17, 15) is 0 Å². The Morgan fingerprint density at radius 3 is 2.33 bits per heavy atom. The van der Waals surface area contributed by atoms with Gasteiger partial charge < -0.3 is 5.73 Å². The Kier molecular flexibility index (Phi) is 16.5. The molecule has 4 heteroatoms. The van der Waals surface area contributed by atoms with Crippen LogP contribution in [0.3, 0.4) is 0 Å². The summed E-state index contributed by atoms with van der Waals surface area (Å²) in [6.45, 7) is 5.40. The maximum atomic E-state index is 8.51. The van der Waals surface area contributed by atoms with Crippen LogP contribution < -0.4 is 5.73 Å². The average Bonchev–Trinajstić information content (AvgIpc) is 2.06. The summed E-state index contributed by atoms with van der Waals surface area (Å²) in [6.07, 6.45) is 5.17. The van der Waals surface area contributed by atoms with Gasteiger partial charge >= 0.3 is 8.69 Å². The van der Waals surface area contributed by atoms with Crippen molar-refractivity contribution in [2.75, 3.05) is 6.54 Å². The number of rotatable bonds is 5. The van der Waals surface area contributed by atoms with Gasteiger partial charge in [0.1, 0.15) is 0 Å². The minimum atomic E-state index is -1.17. The number of nitrogens with two attached hydrogens (primary N) is 1. The summed E-state index contributed by atoms with van der Waals surface area (Å²) in [5.41, 5.74) is 5.36. The average molecular weight is 194 g/mol. The van der Waals surface area contributed by atoms with Crippen LogP contribution in [-0.4, -0.2) is 11.4 Å². The minimum Gasteiger partial charge on any atom is -0.330 e. The number of hydrogen-bond donors (Lipinski definition) is 2. The van der Waals surface area contributed by atoms with E-state index in [1.807, 2.05) is 0 Å². The fraction of sp³-hybridized carbons (Fsp3) is 1.00. The molecule has 0 radical (unpaired) electrons. The topological polar surface area (TPSA) is 63.3 Å². The molecular formula is C8H21NO2P+. The van der Waals surface area contributed by atoms with Gasteiger partial charge in [-0.1, -0.05) is 33.1 Å². The molecule has 0 aliphatic rings. The first-order valence-corrected chi connectivity index (χ1v) is 5.29. The molecule has 0 aliphatic carbocycles. The third-order valence-corrected chi connectivity index (χ3v) is 1.85. The molecule has 3 N–H and O–H groups in total. The molecule has 0 rings (SSSR count). The van der Waals surface area contributed by atoms with E-state index < -0.39 is 8.69 Å². The first kappa shape index (κ1) is 14.5. The van der Waals surface area contributed by atoms with Crippen LogP contribution >= 0.6 is 8.69 Å². The highest BCUT2D eigenvalue weighted by molar-refractivity contribution is 7.16. The monoisotopic (exact) mass is 194 g/mol. The van der Waals surface area contributed by atoms with E-state index in [4.69, 9.17) is 15.2 Å². The molecule has 0 fully saturated rings. The first-order chi connectivity index (χ1) is 5.72. The summed E-state index contributed by atoms with van der Waals surface area (Å²) in [5.74, 6) is 0.900. The lowest BCUT2D eigenvalue weighted by molar-refractivity contribution is 0.487. The van der Waals surface area contributed by atoms with Crippen molar-refractivity contribution in [3.8, 4) is 0 Å². The van der Waals surface area contributed by atoms with Crippen molar-refractivity contribution in [3.05, 3.63) is 0 Å². The molecule has 0 bridgehead atoms. The van der Waals surface area contributed by atoms with Gasteiger partial charge in [-0.15, -0.1) is 0 Å². The molecule has 0 aromatic carbocycles. The predicted molar refractivity (Wildman–Crippen MR) is 53.6 cm³/mol. The predicted octanol–water partition coefficient (Wildman–Crippen LogP) is 2.08. The van der Waals surface area contributed by atoms with Crippen molar-refractivity contribution in [1.29, 1.82) is 0 Å². The van der Waals surface area contributed by atoms with Gasteiger partial charge in [0.2, 0.25) is 0 Å². The van der Waals surface area contributed by atoms with Crippen molar-refractivity contribution >= 4 is 8.69 Å². The van der Waals surface area contributed by atoms with E-state index in [0.29, 0.717) is 0 Å². The molecule has 0 saturated carbocycles. The summed E-state index contributed by atoms with van der Waals surface area (Å²) >= 11 is 0. The lowest BCUT2D eigenvalue weighted by atomic mass is 10.0. The Morgan fingerprint density at radius 2 is 2.00 bits per heavy atom. The normalized spacial score (nSPS) is 12.0. The summed E-state index contributed by atoms with van der Waals surface area (Å²) in [5, 5.41) is 0. The highest BCUT2D eigenvalue weighted by atomic mass is 31.1.